The Morgan fingerprint density at radius 2 is 0.133 bits per heavy atom. The molecule has 64 rings (SSSR count). The Bertz CT molecular complexity index is 13700. The summed E-state index contributed by atoms with van der Waals surface area (Å²) >= 11 is 0. The molecule has 58 aromatic rings. The van der Waals surface area contributed by atoms with E-state index in [1.807, 2.05) is 33.4 Å². The van der Waals surface area contributed by atoms with E-state index in [0.717, 1.165) is 0 Å². The van der Waals surface area contributed by atoms with Crippen molar-refractivity contribution in [1.82, 2.24) is 0 Å². The third kappa shape index (κ3) is 2.01. The largest absolute Gasteiger partial charge is 0.103 e. The number of benzene rings is 36. The van der Waals surface area contributed by atoms with Gasteiger partial charge in [-0.25, -0.2) is 0 Å². The fraction of sp³-hybridized carbons (Fsp3) is 0.0167. The van der Waals surface area contributed by atoms with Crippen LogP contribution in [0.3, 0.4) is 0 Å². The normalized spacial score (nSPS) is 20.9. The van der Waals surface area contributed by atoms with Crippen molar-refractivity contribution >= 4 is 603 Å². The van der Waals surface area contributed by atoms with Crippen molar-refractivity contribution in [2.45, 2.75) is 10.8 Å². The SMILES string of the molecule is c12c3c4c5c6c7c8c9c5c5c4c4c%10c3c3c1c1c%11c%12c3c3c%10c%10c4c4c5c5c9c9c8c8c%13c%14c9c9c5c4c4c%10c5c3c%12c3c%10c5c4c9c%14c%10c4c3c%11c3c(c4%13)c8c7[c-](c13)C26C12c3c4c5c6c1c1c7c8c6c6c5c5c9c4c4c3c3c%10c%11c4c4c9c9c5c5c6c6c8c8c7c7c%12c%13c8c8c6c5c5c9c6c4c%11c4c9c6c5c8c%13c9c5c4c%10c4c(c5%12)c7c1[c-]2c34. The van der Waals surface area contributed by atoms with Crippen LogP contribution in [0.2, 0.25) is 0 Å². The van der Waals surface area contributed by atoms with Crippen molar-refractivity contribution in [2.24, 2.45) is 0 Å². The molecule has 0 radical (unpaired) electrons. The Morgan fingerprint density at radius 1 is 0.0667 bits per heavy atom. The van der Waals surface area contributed by atoms with Crippen LogP contribution in [-0.4, -0.2) is 0 Å². The van der Waals surface area contributed by atoms with Crippen LogP contribution in [0.1, 0.15) is 33.4 Å². The Balaban J connectivity index is 0.804. The Kier molecular flexibility index (Phi) is 3.03. The van der Waals surface area contributed by atoms with Crippen LogP contribution in [0.25, 0.3) is 603 Å². The zero-order valence-corrected chi connectivity index (χ0v) is 60.0. The van der Waals surface area contributed by atoms with Crippen molar-refractivity contribution in [3.63, 3.8) is 0 Å². The van der Waals surface area contributed by atoms with Gasteiger partial charge in [-0.1, -0.05) is 76.1 Å². The van der Waals surface area contributed by atoms with Crippen LogP contribution in [0.15, 0.2) is 0 Å². The molecule has 0 amide bonds. The molecule has 0 atom stereocenters. The number of hydrogen-bond acceptors (Lipinski definition) is 0. The van der Waals surface area contributed by atoms with Gasteiger partial charge in [0.2, 0.25) is 0 Å². The summed E-state index contributed by atoms with van der Waals surface area (Å²) in [6.45, 7) is 0. The maximum absolute atomic E-state index is 1.82. The smallest absolute Gasteiger partial charge is 0.0240 e. The first kappa shape index (κ1) is 41.0. The zero-order chi connectivity index (χ0) is 69.1. The van der Waals surface area contributed by atoms with Gasteiger partial charge < -0.3 is 0 Å². The highest BCUT2D eigenvalue weighted by molar-refractivity contribution is 6.89. The molecule has 0 saturated carbocycles. The summed E-state index contributed by atoms with van der Waals surface area (Å²) in [7, 11) is 0. The van der Waals surface area contributed by atoms with Crippen LogP contribution in [0, 0.1) is 0 Å². The monoisotopic (exact) mass is 1440 g/mol. The Labute approximate surface area is 642 Å². The molecule has 58 aromatic carbocycles. The van der Waals surface area contributed by atoms with Crippen LogP contribution < -0.4 is 0 Å². The number of hydrogen-bond donors (Lipinski definition) is 0. The van der Waals surface area contributed by atoms with Crippen LogP contribution in [0.4, 0.5) is 0 Å². The molecule has 0 nitrogen and oxygen atoms in total. The van der Waals surface area contributed by atoms with E-state index in [4.69, 9.17) is 0 Å². The second-order valence-corrected chi connectivity index (χ2v) is 45.8. The van der Waals surface area contributed by atoms with Crippen molar-refractivity contribution in [3.05, 3.63) is 33.4 Å². The Hall–Kier alpha value is -15.3. The van der Waals surface area contributed by atoms with E-state index in [1.165, 1.54) is 0 Å². The van der Waals surface area contributed by atoms with E-state index in [-0.39, 0.29) is 0 Å². The third-order valence-electron chi connectivity index (χ3n) is 46.3. The summed E-state index contributed by atoms with van der Waals surface area (Å²) in [5.41, 5.74) is 9.42. The molecular weight excluding hydrogens is 1440 g/mol. The summed E-state index contributed by atoms with van der Waals surface area (Å²) < 4.78 is 0. The molecule has 0 heteroatoms. The van der Waals surface area contributed by atoms with E-state index in [9.17, 15) is 0 Å². The molecule has 120 heavy (non-hydrogen) atoms. The predicted molar refractivity (Wildman–Crippen MR) is 513 cm³/mol. The highest BCUT2D eigenvalue weighted by Crippen LogP contribution is 2.92. The highest BCUT2D eigenvalue weighted by atomic mass is 14.7. The lowest BCUT2D eigenvalue weighted by Gasteiger charge is -2.59. The van der Waals surface area contributed by atoms with Crippen molar-refractivity contribution in [1.29, 1.82) is 0 Å². The Morgan fingerprint density at radius 3 is 0.275 bits per heavy atom. The van der Waals surface area contributed by atoms with Gasteiger partial charge in [0, 0.05) is 10.8 Å². The minimum atomic E-state index is -0.739. The average Bonchev–Trinajstić information content (AvgIpc) is 1.37. The van der Waals surface area contributed by atoms with Crippen molar-refractivity contribution in [3.8, 4) is 0 Å². The maximum Gasteiger partial charge on any atom is 0.0240 e. The van der Waals surface area contributed by atoms with Crippen LogP contribution >= 0.6 is 0 Å². The summed E-state index contributed by atoms with van der Waals surface area (Å²) in [5, 5.41) is 190. The lowest BCUT2D eigenvalue weighted by Crippen LogP contribution is -2.53. The molecule has 0 N–H and O–H groups in total. The second kappa shape index (κ2) is 8.88. The molecule has 0 aliphatic heterocycles. The molecule has 0 bridgehead atoms. The first-order chi connectivity index (χ1) is 60.0. The molecule has 0 aromatic heterocycles. The minimum absolute atomic E-state index is 0.739. The van der Waals surface area contributed by atoms with Gasteiger partial charge in [0.15, 0.2) is 0 Å². The first-order valence-electron chi connectivity index (χ1n) is 45.2. The van der Waals surface area contributed by atoms with E-state index >= 15 is 0 Å². The van der Waals surface area contributed by atoms with Crippen LogP contribution in [0.5, 0.6) is 0 Å². The van der Waals surface area contributed by atoms with Gasteiger partial charge in [-0.05, 0) is 539 Å². The van der Waals surface area contributed by atoms with E-state index < -0.39 is 10.8 Å². The standard InChI is InChI=1S/C120/c1-3-9-10-4(1)18-22-14-7(1)13-21-17(3)29-37-33(9)49-50-34(10)38-30(18)46-42(22)58-54-26(14)25(13)53-57-41(21)45(29)73-77-61(37)65(49)93-94-66(50)62(38)78-74(46)86-82(58)90-70(54)69(53)89-81(57)85(73)101-97(77)105(93)113-106(94)98(78)102(86)116-110(90)109(89)115(101)119(113,116)120-114-107-95-67-51-35-11-5-2-6-12(11)36-40-32-20(6)24-16-8(2)15-23-19(5)31-39(35)63(67)79-75-47(31)43(23)59-55-27(15)28(16)56-60-44(24)48(32)76-80-64(40)68(52(36)51)96(95)108(114)100(80)104-88(76)84(60)92-72(56)71(55)91-83(59)87(75)103(99(79)107)117(120)111(91)112(92)118(104)120/q-2. The molecule has 6 aliphatic carbocycles. The van der Waals surface area contributed by atoms with Gasteiger partial charge in [0.25, 0.3) is 0 Å². The lowest BCUT2D eigenvalue weighted by molar-refractivity contribution is 0.461. The predicted octanol–water partition coefficient (Wildman–Crippen LogP) is 33.7. The lowest BCUT2D eigenvalue weighted by atomic mass is 9.44. The minimum Gasteiger partial charge on any atom is -0.103 e. The average molecular weight is 1440 g/mol. The summed E-state index contributed by atoms with van der Waals surface area (Å²) in [6, 6.07) is 0. The second-order valence-electron chi connectivity index (χ2n) is 45.8. The van der Waals surface area contributed by atoms with Gasteiger partial charge in [-0.15, -0.1) is 21.5 Å². The summed E-state index contributed by atoms with van der Waals surface area (Å²) in [4.78, 5) is 0. The van der Waals surface area contributed by atoms with Crippen LogP contribution in [-0.2, 0) is 10.8 Å². The third-order valence-corrected chi connectivity index (χ3v) is 46.3. The maximum atomic E-state index is 1.82. The number of rotatable bonds is 1. The van der Waals surface area contributed by atoms with E-state index in [2.05, 4.69) is 0 Å². The van der Waals surface area contributed by atoms with Gasteiger partial charge in [-0.2, -0.15) is 0 Å². The fourth-order valence-electron chi connectivity index (χ4n) is 46.9. The van der Waals surface area contributed by atoms with Gasteiger partial charge in [0.1, 0.15) is 0 Å². The zero-order valence-electron chi connectivity index (χ0n) is 60.0. The highest BCUT2D eigenvalue weighted by Gasteiger charge is 2.70. The first-order valence-corrected chi connectivity index (χ1v) is 45.2. The quantitative estimate of drug-likeness (QED) is 0.114. The topological polar surface area (TPSA) is 0 Å². The molecule has 0 heterocycles. The molecule has 6 aliphatic rings. The summed E-state index contributed by atoms with van der Waals surface area (Å²) in [5.74, 6) is 0. The summed E-state index contributed by atoms with van der Waals surface area (Å²) in [6.07, 6.45) is 0. The van der Waals surface area contributed by atoms with Gasteiger partial charge >= 0.3 is 0 Å². The molecule has 0 unspecified atom stereocenters. The molecule has 0 saturated heterocycles. The van der Waals surface area contributed by atoms with E-state index in [1.54, 1.807) is 603 Å². The van der Waals surface area contributed by atoms with Crippen molar-refractivity contribution in [2.75, 3.05) is 0 Å². The van der Waals surface area contributed by atoms with Gasteiger partial charge in [-0.3, -0.25) is 0 Å². The molecular formula is C120-2. The molecule has 482 valence electrons. The molecule has 0 spiro atoms. The van der Waals surface area contributed by atoms with Gasteiger partial charge in [0.05, 0.1) is 0 Å². The van der Waals surface area contributed by atoms with Crippen molar-refractivity contribution < 1.29 is 0 Å². The van der Waals surface area contributed by atoms with E-state index in [0.29, 0.717) is 0 Å². The fourth-order valence-corrected chi connectivity index (χ4v) is 46.9. The molecule has 0 fully saturated rings.